The zero-order valence-electron chi connectivity index (χ0n) is 18.0. The molecule has 0 bridgehead atoms. The number of aryl methyl sites for hydroxylation is 3. The summed E-state index contributed by atoms with van der Waals surface area (Å²) >= 11 is 6.09. The molecule has 0 saturated heterocycles. The third-order valence-corrected chi connectivity index (χ3v) is 5.62. The summed E-state index contributed by atoms with van der Waals surface area (Å²) in [6.07, 6.45) is 3.30. The van der Waals surface area contributed by atoms with Crippen molar-refractivity contribution in [1.82, 2.24) is 9.55 Å². The molecular formula is C26H22ClN3O2. The number of pyridine rings is 2. The molecule has 2 aromatic heterocycles. The zero-order chi connectivity index (χ0) is 22.8. The maximum Gasteiger partial charge on any atom is 0.261 e. The van der Waals surface area contributed by atoms with Gasteiger partial charge in [-0.25, -0.2) is 0 Å². The molecule has 0 radical (unpaired) electrons. The molecule has 0 unspecified atom stereocenters. The van der Waals surface area contributed by atoms with Crippen LogP contribution < -0.4 is 10.7 Å². The van der Waals surface area contributed by atoms with Crippen molar-refractivity contribution in [3.63, 3.8) is 0 Å². The monoisotopic (exact) mass is 443 g/mol. The summed E-state index contributed by atoms with van der Waals surface area (Å²) in [5, 5.41) is 3.56. The van der Waals surface area contributed by atoms with Gasteiger partial charge in [-0.2, -0.15) is 0 Å². The van der Waals surface area contributed by atoms with E-state index in [4.69, 9.17) is 11.6 Å². The van der Waals surface area contributed by atoms with Crippen LogP contribution in [0.5, 0.6) is 0 Å². The van der Waals surface area contributed by atoms with E-state index in [-0.39, 0.29) is 11.0 Å². The van der Waals surface area contributed by atoms with Crippen LogP contribution in [0.4, 0.5) is 5.69 Å². The molecule has 1 N–H and O–H groups in total. The van der Waals surface area contributed by atoms with Crippen molar-refractivity contribution in [2.45, 2.75) is 20.8 Å². The van der Waals surface area contributed by atoms with Gasteiger partial charge in [-0.05, 0) is 68.3 Å². The fraction of sp³-hybridized carbons (Fsp3) is 0.115. The molecule has 4 rings (SSSR count). The van der Waals surface area contributed by atoms with Crippen LogP contribution >= 0.6 is 11.6 Å². The zero-order valence-corrected chi connectivity index (χ0v) is 18.8. The molecule has 6 heteroatoms. The highest BCUT2D eigenvalue weighted by Crippen LogP contribution is 2.28. The summed E-state index contributed by atoms with van der Waals surface area (Å²) < 4.78 is 1.88. The van der Waals surface area contributed by atoms with Gasteiger partial charge in [0.25, 0.3) is 5.91 Å². The summed E-state index contributed by atoms with van der Waals surface area (Å²) in [4.78, 5) is 30.9. The van der Waals surface area contributed by atoms with E-state index in [0.717, 1.165) is 16.8 Å². The Morgan fingerprint density at radius 3 is 2.28 bits per heavy atom. The lowest BCUT2D eigenvalue weighted by atomic mass is 10.0. The van der Waals surface area contributed by atoms with Gasteiger partial charge in [0.05, 0.1) is 5.69 Å². The van der Waals surface area contributed by atoms with Gasteiger partial charge >= 0.3 is 0 Å². The molecule has 2 heterocycles. The summed E-state index contributed by atoms with van der Waals surface area (Å²) in [5.41, 5.74) is 4.87. The Hall–Kier alpha value is -3.70. The quantitative estimate of drug-likeness (QED) is 0.438. The van der Waals surface area contributed by atoms with Gasteiger partial charge in [-0.3, -0.25) is 14.6 Å². The van der Waals surface area contributed by atoms with Crippen LogP contribution in [0.1, 0.15) is 27.2 Å². The molecule has 160 valence electrons. The van der Waals surface area contributed by atoms with Crippen LogP contribution in [0.2, 0.25) is 5.02 Å². The fourth-order valence-corrected chi connectivity index (χ4v) is 3.96. The molecule has 4 aromatic rings. The fourth-order valence-electron chi connectivity index (χ4n) is 3.84. The van der Waals surface area contributed by atoms with E-state index in [9.17, 15) is 9.59 Å². The smallest absolute Gasteiger partial charge is 0.261 e. The minimum atomic E-state index is -0.464. The minimum Gasteiger partial charge on any atom is -0.321 e. The first-order valence-electron chi connectivity index (χ1n) is 10.2. The topological polar surface area (TPSA) is 64.0 Å². The minimum absolute atomic E-state index is 0.0567. The van der Waals surface area contributed by atoms with Crippen LogP contribution in [0.3, 0.4) is 0 Å². The first-order chi connectivity index (χ1) is 15.4. The number of hydrogen-bond acceptors (Lipinski definition) is 3. The van der Waals surface area contributed by atoms with Crippen LogP contribution in [0.25, 0.3) is 16.9 Å². The van der Waals surface area contributed by atoms with E-state index in [1.54, 1.807) is 30.6 Å². The number of carbonyl (C=O) groups excluding carboxylic acids is 1. The Bertz CT molecular complexity index is 1340. The molecule has 0 saturated carbocycles. The average molecular weight is 444 g/mol. The summed E-state index contributed by atoms with van der Waals surface area (Å²) in [6, 6.07) is 18.1. The van der Waals surface area contributed by atoms with E-state index >= 15 is 0 Å². The molecule has 2 aromatic carbocycles. The second-order valence-electron chi connectivity index (χ2n) is 7.65. The van der Waals surface area contributed by atoms with Crippen LogP contribution in [0.15, 0.2) is 77.9 Å². The SMILES string of the molecule is Cc1cccc(C)c1NC(=O)c1c(-c2cccnc2)n(-c2ccc(Cl)cc2)c(C)cc1=O. The molecular weight excluding hydrogens is 422 g/mol. The van der Waals surface area contributed by atoms with Crippen molar-refractivity contribution in [2.75, 3.05) is 5.32 Å². The normalized spacial score (nSPS) is 10.8. The Kier molecular flexibility index (Phi) is 5.93. The predicted octanol–water partition coefficient (Wildman–Crippen LogP) is 5.73. The third-order valence-electron chi connectivity index (χ3n) is 5.37. The second kappa shape index (κ2) is 8.81. The Balaban J connectivity index is 1.98. The number of benzene rings is 2. The van der Waals surface area contributed by atoms with E-state index in [0.29, 0.717) is 27.7 Å². The molecule has 0 aliphatic rings. The first-order valence-corrected chi connectivity index (χ1v) is 10.5. The predicted molar refractivity (Wildman–Crippen MR) is 129 cm³/mol. The third kappa shape index (κ3) is 4.07. The first kappa shape index (κ1) is 21.5. The van der Waals surface area contributed by atoms with Crippen LogP contribution in [-0.2, 0) is 0 Å². The van der Waals surface area contributed by atoms with Gasteiger partial charge < -0.3 is 9.88 Å². The lowest BCUT2D eigenvalue weighted by Crippen LogP contribution is -2.26. The molecule has 32 heavy (non-hydrogen) atoms. The lowest BCUT2D eigenvalue weighted by molar-refractivity contribution is 0.102. The molecule has 0 aliphatic carbocycles. The second-order valence-corrected chi connectivity index (χ2v) is 8.08. The van der Waals surface area contributed by atoms with Crippen molar-refractivity contribution in [3.05, 3.63) is 111 Å². The highest BCUT2D eigenvalue weighted by molar-refractivity contribution is 6.30. The Morgan fingerprint density at radius 1 is 0.969 bits per heavy atom. The number of anilines is 1. The van der Waals surface area contributed by atoms with Gasteiger partial charge in [0.2, 0.25) is 0 Å². The molecule has 0 atom stereocenters. The van der Waals surface area contributed by atoms with E-state index in [1.807, 2.05) is 61.7 Å². The van der Waals surface area contributed by atoms with E-state index in [1.165, 1.54) is 6.07 Å². The largest absolute Gasteiger partial charge is 0.321 e. The number of amides is 1. The summed E-state index contributed by atoms with van der Waals surface area (Å²) in [6.45, 7) is 5.68. The number of carbonyl (C=O) groups is 1. The van der Waals surface area contributed by atoms with Crippen molar-refractivity contribution < 1.29 is 4.79 Å². The van der Waals surface area contributed by atoms with Crippen molar-refractivity contribution in [1.29, 1.82) is 0 Å². The average Bonchev–Trinajstić information content (AvgIpc) is 2.77. The number of nitrogens with one attached hydrogen (secondary N) is 1. The summed E-state index contributed by atoms with van der Waals surface area (Å²) in [7, 11) is 0. The Morgan fingerprint density at radius 2 is 1.66 bits per heavy atom. The number of halogens is 1. The van der Waals surface area contributed by atoms with E-state index < -0.39 is 5.91 Å². The maximum absolute atomic E-state index is 13.5. The molecule has 0 fully saturated rings. The number of nitrogens with zero attached hydrogens (tertiary/aromatic N) is 2. The van der Waals surface area contributed by atoms with Crippen molar-refractivity contribution in [2.24, 2.45) is 0 Å². The van der Waals surface area contributed by atoms with Gasteiger partial charge in [0.1, 0.15) is 5.56 Å². The van der Waals surface area contributed by atoms with Gasteiger partial charge in [-0.1, -0.05) is 29.8 Å². The molecule has 0 aliphatic heterocycles. The van der Waals surface area contributed by atoms with Gasteiger partial charge in [-0.15, -0.1) is 0 Å². The van der Waals surface area contributed by atoms with Crippen molar-refractivity contribution >= 4 is 23.2 Å². The maximum atomic E-state index is 13.5. The number of rotatable bonds is 4. The van der Waals surface area contributed by atoms with Crippen molar-refractivity contribution in [3.8, 4) is 16.9 Å². The molecule has 1 amide bonds. The van der Waals surface area contributed by atoms with Gasteiger partial charge in [0, 0.05) is 46.1 Å². The standard InChI is InChI=1S/C26H22ClN3O2/c1-16-6-4-7-17(2)24(16)29-26(32)23-22(31)14-18(3)30(21-11-9-20(27)10-12-21)25(23)19-8-5-13-28-15-19/h4-15H,1-3H3,(H,29,32). The van der Waals surface area contributed by atoms with Gasteiger partial charge in [0.15, 0.2) is 5.43 Å². The highest BCUT2D eigenvalue weighted by atomic mass is 35.5. The summed E-state index contributed by atoms with van der Waals surface area (Å²) in [5.74, 6) is -0.464. The highest BCUT2D eigenvalue weighted by Gasteiger charge is 2.23. The van der Waals surface area contributed by atoms with E-state index in [2.05, 4.69) is 10.3 Å². The number of aromatic nitrogens is 2. The lowest BCUT2D eigenvalue weighted by Gasteiger charge is -2.21. The Labute approximate surface area is 191 Å². The molecule has 5 nitrogen and oxygen atoms in total. The molecule has 0 spiro atoms. The van der Waals surface area contributed by atoms with Crippen LogP contribution in [-0.4, -0.2) is 15.5 Å². The number of hydrogen-bond donors (Lipinski definition) is 1. The number of para-hydroxylation sites is 1. The van der Waals surface area contributed by atoms with Crippen LogP contribution in [0, 0.1) is 20.8 Å².